The number of hydroxylamine groups is 2. The molecule has 0 aliphatic carbocycles. The maximum absolute atomic E-state index is 11.6. The molecule has 1 aromatic rings. The molecule has 0 aromatic heterocycles. The average Bonchev–Trinajstić information content (AvgIpc) is 2.86. The molecule has 0 unspecified atom stereocenters. The van der Waals surface area contributed by atoms with Crippen LogP contribution in [0.15, 0.2) is 24.3 Å². The number of ether oxygens (including phenoxy) is 1. The molecule has 154 valence electrons. The Morgan fingerprint density at radius 3 is 2.00 bits per heavy atom. The molecule has 0 bridgehead atoms. The van der Waals surface area contributed by atoms with Crippen molar-refractivity contribution >= 4 is 23.9 Å². The molecule has 10 heteroatoms. The van der Waals surface area contributed by atoms with Gasteiger partial charge >= 0.3 is 12.1 Å². The number of nitrogens with zero attached hydrogens (tertiary/aromatic N) is 1. The number of aromatic hydroxyl groups is 1. The van der Waals surface area contributed by atoms with E-state index in [1.54, 1.807) is 32.9 Å². The molecule has 3 amide bonds. The molecule has 0 spiro atoms. The number of benzene rings is 1. The van der Waals surface area contributed by atoms with Crippen molar-refractivity contribution in [2.75, 3.05) is 0 Å². The first kappa shape index (κ1) is 22.9. The Bertz CT molecular complexity index is 708. The van der Waals surface area contributed by atoms with Crippen molar-refractivity contribution in [3.63, 3.8) is 0 Å². The molecule has 1 heterocycles. The van der Waals surface area contributed by atoms with Gasteiger partial charge in [-0.1, -0.05) is 12.1 Å². The number of phenols is 1. The summed E-state index contributed by atoms with van der Waals surface area (Å²) in [5, 5.41) is 29.2. The summed E-state index contributed by atoms with van der Waals surface area (Å²) in [6.45, 7) is 5.09. The number of amides is 3. The number of hydrogen-bond donors (Lipinski definition) is 4. The second-order valence-corrected chi connectivity index (χ2v) is 7.01. The van der Waals surface area contributed by atoms with E-state index >= 15 is 0 Å². The highest BCUT2D eigenvalue weighted by atomic mass is 16.6. The van der Waals surface area contributed by atoms with Crippen LogP contribution in [0.1, 0.15) is 39.2 Å². The van der Waals surface area contributed by atoms with Crippen molar-refractivity contribution in [2.45, 2.75) is 51.7 Å². The summed E-state index contributed by atoms with van der Waals surface area (Å²) in [4.78, 5) is 43.2. The van der Waals surface area contributed by atoms with E-state index in [4.69, 9.17) is 20.2 Å². The summed E-state index contributed by atoms with van der Waals surface area (Å²) < 4.78 is 5.02. The molecule has 1 aliphatic rings. The zero-order valence-electron chi connectivity index (χ0n) is 15.8. The number of rotatable bonds is 4. The standard InChI is InChI=1S/C14H19NO5.C4H5NO3/c1-14(2,3)20-13(19)15-11(12(17)18)8-9-4-6-10(16)7-5-9;6-3-1-2-4(7)5(3)8/h4-7,11,16H,8H2,1-3H3,(H,15,19)(H,17,18);8H,1-2H2/t11-;/m0./s1. The van der Waals surface area contributed by atoms with E-state index in [0.29, 0.717) is 5.56 Å². The molecule has 0 saturated carbocycles. The molecule has 1 aliphatic heterocycles. The molecular formula is C18H24N2O8. The Hall–Kier alpha value is -3.14. The van der Waals surface area contributed by atoms with Gasteiger partial charge in [-0.2, -0.15) is 5.06 Å². The lowest BCUT2D eigenvalue weighted by atomic mass is 10.1. The van der Waals surface area contributed by atoms with E-state index in [1.165, 1.54) is 12.1 Å². The number of phenolic OH excluding ortho intramolecular Hbond substituents is 1. The second-order valence-electron chi connectivity index (χ2n) is 7.01. The van der Waals surface area contributed by atoms with Crippen LogP contribution in [0, 0.1) is 0 Å². The fraction of sp³-hybridized carbons (Fsp3) is 0.444. The Labute approximate surface area is 161 Å². The third-order valence-corrected chi connectivity index (χ3v) is 3.39. The third-order valence-electron chi connectivity index (χ3n) is 3.39. The lowest BCUT2D eigenvalue weighted by Crippen LogP contribution is -2.44. The number of carbonyl (C=O) groups is 4. The van der Waals surface area contributed by atoms with Crippen LogP contribution in [0.3, 0.4) is 0 Å². The minimum atomic E-state index is -1.15. The summed E-state index contributed by atoms with van der Waals surface area (Å²) >= 11 is 0. The van der Waals surface area contributed by atoms with Crippen LogP contribution in [0.4, 0.5) is 4.79 Å². The fourth-order valence-corrected chi connectivity index (χ4v) is 2.08. The lowest BCUT2D eigenvalue weighted by Gasteiger charge is -2.22. The fourth-order valence-electron chi connectivity index (χ4n) is 2.08. The van der Waals surface area contributed by atoms with E-state index < -0.39 is 35.5 Å². The van der Waals surface area contributed by atoms with Gasteiger partial charge in [0.1, 0.15) is 17.4 Å². The minimum absolute atomic E-state index is 0.0979. The van der Waals surface area contributed by atoms with Crippen LogP contribution >= 0.6 is 0 Å². The van der Waals surface area contributed by atoms with Crippen molar-refractivity contribution in [3.05, 3.63) is 29.8 Å². The van der Waals surface area contributed by atoms with Crippen LogP contribution in [-0.4, -0.2) is 56.0 Å². The average molecular weight is 396 g/mol. The van der Waals surface area contributed by atoms with Crippen molar-refractivity contribution in [2.24, 2.45) is 0 Å². The van der Waals surface area contributed by atoms with Gasteiger partial charge in [0, 0.05) is 19.3 Å². The smallest absolute Gasteiger partial charge is 0.408 e. The Kier molecular flexibility index (Phi) is 7.93. The van der Waals surface area contributed by atoms with Crippen LogP contribution in [0.25, 0.3) is 0 Å². The molecule has 1 aromatic carbocycles. The second kappa shape index (κ2) is 9.70. The molecule has 10 nitrogen and oxygen atoms in total. The summed E-state index contributed by atoms with van der Waals surface area (Å²) in [6, 6.07) is 5.03. The maximum atomic E-state index is 11.6. The highest BCUT2D eigenvalue weighted by Crippen LogP contribution is 2.12. The first-order chi connectivity index (χ1) is 12.9. The molecule has 0 radical (unpaired) electrons. The van der Waals surface area contributed by atoms with E-state index in [1.807, 2.05) is 0 Å². The zero-order valence-corrected chi connectivity index (χ0v) is 15.8. The van der Waals surface area contributed by atoms with Gasteiger partial charge in [0.2, 0.25) is 0 Å². The molecule has 2 rings (SSSR count). The number of nitrogens with one attached hydrogen (secondary N) is 1. The molecule has 28 heavy (non-hydrogen) atoms. The van der Waals surface area contributed by atoms with Gasteiger partial charge < -0.3 is 20.3 Å². The van der Waals surface area contributed by atoms with Gasteiger partial charge in [0.05, 0.1) is 0 Å². The van der Waals surface area contributed by atoms with Crippen molar-refractivity contribution < 1.29 is 39.3 Å². The van der Waals surface area contributed by atoms with Gasteiger partial charge in [-0.3, -0.25) is 14.8 Å². The normalized spacial score (nSPS) is 14.8. The van der Waals surface area contributed by atoms with Crippen LogP contribution in [0.2, 0.25) is 0 Å². The van der Waals surface area contributed by atoms with E-state index in [0.717, 1.165) is 0 Å². The van der Waals surface area contributed by atoms with Gasteiger partial charge in [-0.25, -0.2) is 9.59 Å². The van der Waals surface area contributed by atoms with Crippen molar-refractivity contribution in [1.29, 1.82) is 0 Å². The number of carboxylic acids is 1. The molecule has 1 atom stereocenters. The van der Waals surface area contributed by atoms with Crippen LogP contribution < -0.4 is 5.32 Å². The largest absolute Gasteiger partial charge is 0.508 e. The molecule has 4 N–H and O–H groups in total. The van der Waals surface area contributed by atoms with Gasteiger partial charge in [-0.05, 0) is 38.5 Å². The van der Waals surface area contributed by atoms with E-state index in [-0.39, 0.29) is 30.1 Å². The Balaban J connectivity index is 0.000000406. The summed E-state index contributed by atoms with van der Waals surface area (Å²) in [5.74, 6) is -2.06. The highest BCUT2D eigenvalue weighted by Gasteiger charge is 2.27. The zero-order chi connectivity index (χ0) is 21.5. The minimum Gasteiger partial charge on any atom is -0.508 e. The Morgan fingerprint density at radius 2 is 1.64 bits per heavy atom. The van der Waals surface area contributed by atoms with E-state index in [2.05, 4.69) is 5.32 Å². The predicted octanol–water partition coefficient (Wildman–Crippen LogP) is 1.44. The monoisotopic (exact) mass is 396 g/mol. The van der Waals surface area contributed by atoms with Gasteiger partial charge in [0.15, 0.2) is 0 Å². The number of imide groups is 1. The number of carbonyl (C=O) groups excluding carboxylic acids is 3. The first-order valence-electron chi connectivity index (χ1n) is 8.44. The Morgan fingerprint density at radius 1 is 1.14 bits per heavy atom. The predicted molar refractivity (Wildman–Crippen MR) is 95.5 cm³/mol. The van der Waals surface area contributed by atoms with Crippen molar-refractivity contribution in [1.82, 2.24) is 10.4 Å². The number of carboxylic acid groups (broad SMARTS) is 1. The summed E-state index contributed by atoms with van der Waals surface area (Å²) in [7, 11) is 0. The lowest BCUT2D eigenvalue weighted by molar-refractivity contribution is -0.171. The first-order valence-corrected chi connectivity index (χ1v) is 8.44. The summed E-state index contributed by atoms with van der Waals surface area (Å²) in [5.41, 5.74) is -0.00247. The van der Waals surface area contributed by atoms with Gasteiger partial charge in [-0.15, -0.1) is 0 Å². The number of hydrogen-bond acceptors (Lipinski definition) is 7. The molecule has 1 fully saturated rings. The van der Waals surface area contributed by atoms with Crippen molar-refractivity contribution in [3.8, 4) is 5.75 Å². The summed E-state index contributed by atoms with van der Waals surface area (Å²) in [6.07, 6.45) is -0.372. The van der Waals surface area contributed by atoms with E-state index in [9.17, 15) is 19.2 Å². The number of aliphatic carboxylic acids is 1. The van der Waals surface area contributed by atoms with Crippen LogP contribution in [-0.2, 0) is 25.5 Å². The highest BCUT2D eigenvalue weighted by molar-refractivity contribution is 6.00. The molecule has 1 saturated heterocycles. The van der Waals surface area contributed by atoms with Gasteiger partial charge in [0.25, 0.3) is 11.8 Å². The molecular weight excluding hydrogens is 372 g/mol. The van der Waals surface area contributed by atoms with Crippen LogP contribution in [0.5, 0.6) is 5.75 Å². The third kappa shape index (κ3) is 8.04. The quantitative estimate of drug-likeness (QED) is 0.440. The topological polar surface area (TPSA) is 153 Å². The number of alkyl carbamates (subject to hydrolysis) is 1. The maximum Gasteiger partial charge on any atom is 0.408 e. The SMILES string of the molecule is CC(C)(C)OC(=O)N[C@@H](Cc1ccc(O)cc1)C(=O)O.O=C1CCC(=O)N1O.